The molecule has 1 saturated carbocycles. The molecule has 0 aromatic heterocycles. The first-order valence-corrected chi connectivity index (χ1v) is 4.63. The molecule has 2 atom stereocenters. The zero-order valence-electron chi connectivity index (χ0n) is 7.35. The lowest BCUT2D eigenvalue weighted by atomic mass is 9.97. The normalized spacial score (nSPS) is 31.8. The lowest BCUT2D eigenvalue weighted by Crippen LogP contribution is -2.15. The highest BCUT2D eigenvalue weighted by Crippen LogP contribution is 2.48. The van der Waals surface area contributed by atoms with Gasteiger partial charge in [-0.15, -0.1) is 0 Å². The van der Waals surface area contributed by atoms with Crippen LogP contribution in [-0.4, -0.2) is 6.04 Å². The number of nitrogens with two attached hydrogens (primary N) is 1. The molecule has 0 radical (unpaired) electrons. The van der Waals surface area contributed by atoms with E-state index in [0.29, 0.717) is 5.02 Å². The second-order valence-corrected chi connectivity index (χ2v) is 4.26. The van der Waals surface area contributed by atoms with Crippen LogP contribution >= 0.6 is 11.6 Å². The summed E-state index contributed by atoms with van der Waals surface area (Å²) in [5.41, 5.74) is 6.71. The van der Waals surface area contributed by atoms with Crippen LogP contribution in [0.2, 0.25) is 5.02 Å². The van der Waals surface area contributed by atoms with Gasteiger partial charge in [-0.3, -0.25) is 0 Å². The molecule has 1 nitrogen and oxygen atoms in total. The van der Waals surface area contributed by atoms with E-state index in [0.717, 1.165) is 12.0 Å². The minimum Gasteiger partial charge on any atom is -0.327 e. The Morgan fingerprint density at radius 2 is 2.23 bits per heavy atom. The highest BCUT2D eigenvalue weighted by atomic mass is 35.5. The van der Waals surface area contributed by atoms with Crippen LogP contribution in [0.1, 0.15) is 18.9 Å². The van der Waals surface area contributed by atoms with Crippen LogP contribution in [-0.2, 0) is 5.41 Å². The topological polar surface area (TPSA) is 26.0 Å². The first-order chi connectivity index (χ1) is 6.04. The summed E-state index contributed by atoms with van der Waals surface area (Å²) < 4.78 is 12.7. The molecule has 2 N–H and O–H groups in total. The molecule has 1 aromatic rings. The smallest absolute Gasteiger partial charge is 0.124 e. The van der Waals surface area contributed by atoms with E-state index >= 15 is 0 Å². The number of hydrogen-bond acceptors (Lipinski definition) is 1. The van der Waals surface area contributed by atoms with E-state index < -0.39 is 0 Å². The van der Waals surface area contributed by atoms with Gasteiger partial charge in [-0.2, -0.15) is 0 Å². The van der Waals surface area contributed by atoms with E-state index in [9.17, 15) is 4.39 Å². The van der Waals surface area contributed by atoms with Gasteiger partial charge in [-0.1, -0.05) is 24.6 Å². The van der Waals surface area contributed by atoms with Crippen molar-refractivity contribution in [1.82, 2.24) is 0 Å². The molecule has 0 spiro atoms. The number of rotatable bonds is 1. The fraction of sp³-hybridized carbons (Fsp3) is 0.400. The summed E-state index contributed by atoms with van der Waals surface area (Å²) in [6.45, 7) is 2.05. The van der Waals surface area contributed by atoms with E-state index in [-0.39, 0.29) is 17.3 Å². The molecule has 1 aromatic carbocycles. The van der Waals surface area contributed by atoms with Crippen molar-refractivity contribution in [2.45, 2.75) is 24.8 Å². The second-order valence-electron chi connectivity index (χ2n) is 3.85. The van der Waals surface area contributed by atoms with Gasteiger partial charge in [-0.05, 0) is 24.1 Å². The monoisotopic (exact) mass is 199 g/mol. The Labute approximate surface area is 81.7 Å². The second kappa shape index (κ2) is 2.69. The van der Waals surface area contributed by atoms with Gasteiger partial charge in [0.05, 0.1) is 0 Å². The molecule has 1 aliphatic carbocycles. The fourth-order valence-corrected chi connectivity index (χ4v) is 2.04. The highest BCUT2D eigenvalue weighted by molar-refractivity contribution is 6.31. The fourth-order valence-electron chi connectivity index (χ4n) is 1.66. The maximum atomic E-state index is 12.7. The van der Waals surface area contributed by atoms with Crippen LogP contribution in [0.4, 0.5) is 4.39 Å². The molecule has 0 heterocycles. The van der Waals surface area contributed by atoms with Crippen molar-refractivity contribution in [1.29, 1.82) is 0 Å². The van der Waals surface area contributed by atoms with Crippen molar-refractivity contribution >= 4 is 11.6 Å². The van der Waals surface area contributed by atoms with Gasteiger partial charge >= 0.3 is 0 Å². The Bertz CT molecular complexity index is 353. The number of hydrogen-bond donors (Lipinski definition) is 1. The minimum atomic E-state index is -0.299. The third-order valence-corrected chi connectivity index (χ3v) is 3.16. The van der Waals surface area contributed by atoms with Gasteiger partial charge in [0.1, 0.15) is 5.82 Å². The lowest BCUT2D eigenvalue weighted by molar-refractivity contribution is 0.624. The van der Waals surface area contributed by atoms with Crippen molar-refractivity contribution in [3.8, 4) is 0 Å². The summed E-state index contributed by atoms with van der Waals surface area (Å²) in [7, 11) is 0. The zero-order valence-corrected chi connectivity index (χ0v) is 8.11. The third kappa shape index (κ3) is 1.34. The molecular formula is C10H11ClFN. The largest absolute Gasteiger partial charge is 0.327 e. The van der Waals surface area contributed by atoms with Gasteiger partial charge in [-0.25, -0.2) is 4.39 Å². The molecule has 2 rings (SSSR count). The van der Waals surface area contributed by atoms with Crippen molar-refractivity contribution in [3.05, 3.63) is 34.6 Å². The Kier molecular flexibility index (Phi) is 1.86. The SMILES string of the molecule is CC1(c2ccc(F)cc2Cl)CC1N. The van der Waals surface area contributed by atoms with Crippen LogP contribution in [0.15, 0.2) is 18.2 Å². The molecule has 3 heteroatoms. The third-order valence-electron chi connectivity index (χ3n) is 2.85. The molecule has 1 aliphatic rings. The van der Waals surface area contributed by atoms with Gasteiger partial charge < -0.3 is 5.73 Å². The Hall–Kier alpha value is -0.600. The summed E-state index contributed by atoms with van der Waals surface area (Å²) >= 11 is 5.92. The molecule has 13 heavy (non-hydrogen) atoms. The van der Waals surface area contributed by atoms with Gasteiger partial charge in [0.2, 0.25) is 0 Å². The Morgan fingerprint density at radius 1 is 1.62 bits per heavy atom. The summed E-state index contributed by atoms with van der Waals surface area (Å²) in [5, 5.41) is 0.482. The molecule has 1 fully saturated rings. The van der Waals surface area contributed by atoms with E-state index in [1.165, 1.54) is 12.1 Å². The van der Waals surface area contributed by atoms with Crippen LogP contribution in [0.5, 0.6) is 0 Å². The highest BCUT2D eigenvalue weighted by Gasteiger charge is 2.49. The van der Waals surface area contributed by atoms with Crippen LogP contribution < -0.4 is 5.73 Å². The van der Waals surface area contributed by atoms with Crippen LogP contribution in [0, 0.1) is 5.82 Å². The van der Waals surface area contributed by atoms with Crippen molar-refractivity contribution in [2.24, 2.45) is 5.73 Å². The molecule has 0 saturated heterocycles. The van der Waals surface area contributed by atoms with Crippen molar-refractivity contribution in [2.75, 3.05) is 0 Å². The zero-order chi connectivity index (χ0) is 9.64. The predicted molar refractivity (Wildman–Crippen MR) is 51.4 cm³/mol. The van der Waals surface area contributed by atoms with Gasteiger partial charge in [0, 0.05) is 16.5 Å². The van der Waals surface area contributed by atoms with Gasteiger partial charge in [0.25, 0.3) is 0 Å². The number of benzene rings is 1. The van der Waals surface area contributed by atoms with Crippen LogP contribution in [0.3, 0.4) is 0 Å². The molecule has 0 aliphatic heterocycles. The summed E-state index contributed by atoms with van der Waals surface area (Å²) in [6, 6.07) is 4.66. The predicted octanol–water partition coefficient (Wildman–Crippen LogP) is 2.47. The maximum absolute atomic E-state index is 12.7. The van der Waals surface area contributed by atoms with Crippen LogP contribution in [0.25, 0.3) is 0 Å². The first-order valence-electron chi connectivity index (χ1n) is 4.25. The maximum Gasteiger partial charge on any atom is 0.124 e. The standard InChI is InChI=1S/C10H11ClFN/c1-10(5-9(10)13)7-3-2-6(12)4-8(7)11/h2-4,9H,5,13H2,1H3. The molecule has 0 amide bonds. The first kappa shape index (κ1) is 8.97. The van der Waals surface area contributed by atoms with E-state index in [1.807, 2.05) is 0 Å². The average Bonchev–Trinajstić information content (AvgIpc) is 2.59. The molecular weight excluding hydrogens is 189 g/mol. The molecule has 70 valence electrons. The average molecular weight is 200 g/mol. The number of halogens is 2. The van der Waals surface area contributed by atoms with Gasteiger partial charge in [0.15, 0.2) is 0 Å². The summed E-state index contributed by atoms with van der Waals surface area (Å²) in [6.07, 6.45) is 0.929. The summed E-state index contributed by atoms with van der Waals surface area (Å²) in [4.78, 5) is 0. The Balaban J connectivity index is 2.42. The molecule has 0 bridgehead atoms. The van der Waals surface area contributed by atoms with E-state index in [1.54, 1.807) is 6.07 Å². The van der Waals surface area contributed by atoms with Crippen molar-refractivity contribution < 1.29 is 4.39 Å². The van der Waals surface area contributed by atoms with Crippen molar-refractivity contribution in [3.63, 3.8) is 0 Å². The van der Waals surface area contributed by atoms with E-state index in [2.05, 4.69) is 6.92 Å². The Morgan fingerprint density at radius 3 is 2.69 bits per heavy atom. The minimum absolute atomic E-state index is 0.0369. The summed E-state index contributed by atoms with van der Waals surface area (Å²) in [5.74, 6) is -0.299. The quantitative estimate of drug-likeness (QED) is 0.739. The lowest BCUT2D eigenvalue weighted by Gasteiger charge is -2.11. The van der Waals surface area contributed by atoms with E-state index in [4.69, 9.17) is 17.3 Å². The molecule has 2 unspecified atom stereocenters.